The first-order valence-corrected chi connectivity index (χ1v) is 11.0. The van der Waals surface area contributed by atoms with E-state index in [1.165, 1.54) is 39.0 Å². The number of pyridine rings is 1. The average molecular weight is 412 g/mol. The first-order chi connectivity index (χ1) is 15.1. The third-order valence-electron chi connectivity index (χ3n) is 6.44. The molecule has 2 aromatic heterocycles. The maximum Gasteiger partial charge on any atom is 0.119 e. The molecule has 0 amide bonds. The molecule has 4 nitrogen and oxygen atoms in total. The van der Waals surface area contributed by atoms with E-state index in [0.29, 0.717) is 0 Å². The molecular weight excluding hydrogens is 382 g/mol. The van der Waals surface area contributed by atoms with Crippen molar-refractivity contribution in [2.75, 3.05) is 18.6 Å². The number of benzene rings is 2. The van der Waals surface area contributed by atoms with Crippen molar-refractivity contribution >= 4 is 16.6 Å². The zero-order valence-corrected chi connectivity index (χ0v) is 18.6. The Morgan fingerprint density at radius 3 is 2.58 bits per heavy atom. The number of fused-ring (bicyclic) bond motifs is 3. The van der Waals surface area contributed by atoms with Crippen LogP contribution in [0, 0.1) is 13.8 Å². The first-order valence-electron chi connectivity index (χ1n) is 11.0. The molecule has 1 aliphatic rings. The molecule has 3 heterocycles. The van der Waals surface area contributed by atoms with Crippen LogP contribution < -0.4 is 9.64 Å². The molecule has 5 rings (SSSR count). The Morgan fingerprint density at radius 2 is 1.84 bits per heavy atom. The van der Waals surface area contributed by atoms with Gasteiger partial charge in [-0.3, -0.25) is 4.98 Å². The Morgan fingerprint density at radius 1 is 1.00 bits per heavy atom. The van der Waals surface area contributed by atoms with Crippen molar-refractivity contribution in [3.63, 3.8) is 0 Å². The molecule has 1 aliphatic heterocycles. The fraction of sp³-hybridized carbons (Fsp3) is 0.296. The van der Waals surface area contributed by atoms with Crippen molar-refractivity contribution in [3.8, 4) is 5.75 Å². The number of anilines is 1. The summed E-state index contributed by atoms with van der Waals surface area (Å²) in [5.74, 6) is 0.902. The van der Waals surface area contributed by atoms with E-state index in [1.807, 2.05) is 25.3 Å². The van der Waals surface area contributed by atoms with Crippen LogP contribution in [0.15, 0.2) is 60.8 Å². The summed E-state index contributed by atoms with van der Waals surface area (Å²) in [6, 6.07) is 19.6. The third-order valence-corrected chi connectivity index (χ3v) is 6.44. The van der Waals surface area contributed by atoms with Crippen LogP contribution >= 0.6 is 0 Å². The summed E-state index contributed by atoms with van der Waals surface area (Å²) in [4.78, 5) is 6.96. The lowest BCUT2D eigenvalue weighted by molar-refractivity contribution is 0.415. The van der Waals surface area contributed by atoms with Crippen LogP contribution in [-0.2, 0) is 25.9 Å². The van der Waals surface area contributed by atoms with E-state index in [-0.39, 0.29) is 0 Å². The van der Waals surface area contributed by atoms with Gasteiger partial charge in [0.1, 0.15) is 5.75 Å². The smallest absolute Gasteiger partial charge is 0.119 e. The molecule has 0 saturated heterocycles. The number of hydrogen-bond donors (Lipinski definition) is 0. The van der Waals surface area contributed by atoms with Gasteiger partial charge in [-0.1, -0.05) is 17.7 Å². The highest BCUT2D eigenvalue weighted by atomic mass is 16.5. The van der Waals surface area contributed by atoms with Crippen LogP contribution in [0.5, 0.6) is 5.75 Å². The molecule has 0 unspecified atom stereocenters. The lowest BCUT2D eigenvalue weighted by Gasteiger charge is -2.30. The summed E-state index contributed by atoms with van der Waals surface area (Å²) in [5.41, 5.74) is 9.26. The minimum absolute atomic E-state index is 0.902. The number of hydrogen-bond acceptors (Lipinski definition) is 3. The molecule has 4 heteroatoms. The molecule has 4 aromatic rings. The standard InChI is InChI=1S/C27H29N3O/c1-19-4-11-26-24(16-19)25-18-29(22-7-9-23(31-3)10-8-22)14-13-27(25)30(26)15-12-21-6-5-20(2)28-17-21/h4-11,16-17H,12-15,18H2,1-3H3. The molecule has 0 radical (unpaired) electrons. The highest BCUT2D eigenvalue weighted by Gasteiger charge is 2.24. The molecule has 158 valence electrons. The molecule has 2 aromatic carbocycles. The van der Waals surface area contributed by atoms with Gasteiger partial charge in [0.05, 0.1) is 7.11 Å². The van der Waals surface area contributed by atoms with Gasteiger partial charge < -0.3 is 14.2 Å². The van der Waals surface area contributed by atoms with E-state index in [0.717, 1.165) is 43.9 Å². The van der Waals surface area contributed by atoms with Crippen LogP contribution in [0.2, 0.25) is 0 Å². The summed E-state index contributed by atoms with van der Waals surface area (Å²) < 4.78 is 7.88. The largest absolute Gasteiger partial charge is 0.497 e. The molecule has 0 N–H and O–H groups in total. The van der Waals surface area contributed by atoms with Gasteiger partial charge in [-0.15, -0.1) is 0 Å². The Balaban J connectivity index is 1.48. The predicted molar refractivity (Wildman–Crippen MR) is 127 cm³/mol. The van der Waals surface area contributed by atoms with Gasteiger partial charge in [0.15, 0.2) is 0 Å². The Kier molecular flexibility index (Phi) is 5.14. The Bertz CT molecular complexity index is 1210. The van der Waals surface area contributed by atoms with Gasteiger partial charge in [-0.25, -0.2) is 0 Å². The summed E-state index contributed by atoms with van der Waals surface area (Å²) in [7, 11) is 1.71. The predicted octanol–water partition coefficient (Wildman–Crippen LogP) is 5.47. The van der Waals surface area contributed by atoms with Gasteiger partial charge >= 0.3 is 0 Å². The topological polar surface area (TPSA) is 30.3 Å². The summed E-state index contributed by atoms with van der Waals surface area (Å²) >= 11 is 0. The van der Waals surface area contributed by atoms with Gasteiger partial charge in [0, 0.05) is 65.8 Å². The second-order valence-electron chi connectivity index (χ2n) is 8.52. The molecule has 0 atom stereocenters. The quantitative estimate of drug-likeness (QED) is 0.436. The zero-order chi connectivity index (χ0) is 21.4. The number of methoxy groups -OCH3 is 1. The maximum absolute atomic E-state index is 5.33. The van der Waals surface area contributed by atoms with Crippen molar-refractivity contribution in [1.82, 2.24) is 9.55 Å². The van der Waals surface area contributed by atoms with Crippen LogP contribution in [0.3, 0.4) is 0 Å². The monoisotopic (exact) mass is 411 g/mol. The number of aryl methyl sites for hydroxylation is 4. The average Bonchev–Trinajstić information content (AvgIpc) is 3.11. The molecular formula is C27H29N3O. The van der Waals surface area contributed by atoms with E-state index in [2.05, 4.69) is 63.8 Å². The number of nitrogens with zero attached hydrogens (tertiary/aromatic N) is 3. The maximum atomic E-state index is 5.33. The summed E-state index contributed by atoms with van der Waals surface area (Å²) in [6.45, 7) is 7.19. The fourth-order valence-corrected chi connectivity index (χ4v) is 4.72. The fourth-order valence-electron chi connectivity index (χ4n) is 4.72. The molecule has 0 bridgehead atoms. The lowest BCUT2D eigenvalue weighted by Crippen LogP contribution is -2.31. The second-order valence-corrected chi connectivity index (χ2v) is 8.52. The Labute approximate surface area is 184 Å². The van der Waals surface area contributed by atoms with E-state index in [4.69, 9.17) is 4.74 Å². The van der Waals surface area contributed by atoms with Crippen LogP contribution in [0.1, 0.15) is 28.1 Å². The van der Waals surface area contributed by atoms with Crippen molar-refractivity contribution in [2.45, 2.75) is 39.8 Å². The van der Waals surface area contributed by atoms with Crippen molar-refractivity contribution in [1.29, 1.82) is 0 Å². The highest BCUT2D eigenvalue weighted by molar-refractivity contribution is 5.87. The first kappa shape index (κ1) is 19.7. The number of ether oxygens (including phenoxy) is 1. The zero-order valence-electron chi connectivity index (χ0n) is 18.6. The minimum atomic E-state index is 0.902. The van der Waals surface area contributed by atoms with Crippen LogP contribution in [0.4, 0.5) is 5.69 Å². The molecule has 0 aliphatic carbocycles. The lowest BCUT2D eigenvalue weighted by atomic mass is 10.0. The SMILES string of the molecule is COc1ccc(N2CCc3c(c4cc(C)ccc4n3CCc3ccc(C)nc3)C2)cc1. The molecule has 0 saturated carbocycles. The van der Waals surface area contributed by atoms with Gasteiger partial charge in [0.25, 0.3) is 0 Å². The van der Waals surface area contributed by atoms with Gasteiger partial charge in [-0.2, -0.15) is 0 Å². The number of aromatic nitrogens is 2. The molecule has 0 spiro atoms. The summed E-state index contributed by atoms with van der Waals surface area (Å²) in [6.07, 6.45) is 4.07. The van der Waals surface area contributed by atoms with E-state index >= 15 is 0 Å². The van der Waals surface area contributed by atoms with Crippen LogP contribution in [0.25, 0.3) is 10.9 Å². The van der Waals surface area contributed by atoms with E-state index in [1.54, 1.807) is 7.11 Å². The summed E-state index contributed by atoms with van der Waals surface area (Å²) in [5, 5.41) is 1.40. The number of rotatable bonds is 5. The second kappa shape index (κ2) is 8.10. The third kappa shape index (κ3) is 3.78. The van der Waals surface area contributed by atoms with Gasteiger partial charge in [0.2, 0.25) is 0 Å². The van der Waals surface area contributed by atoms with Crippen molar-refractivity contribution in [3.05, 3.63) is 88.9 Å². The van der Waals surface area contributed by atoms with E-state index < -0.39 is 0 Å². The van der Waals surface area contributed by atoms with Crippen molar-refractivity contribution in [2.24, 2.45) is 0 Å². The molecule has 0 fully saturated rings. The molecule has 31 heavy (non-hydrogen) atoms. The Hall–Kier alpha value is -3.27. The van der Waals surface area contributed by atoms with Crippen molar-refractivity contribution < 1.29 is 4.74 Å². The normalized spacial score (nSPS) is 13.5. The highest BCUT2D eigenvalue weighted by Crippen LogP contribution is 2.34. The van der Waals surface area contributed by atoms with Gasteiger partial charge in [-0.05, 0) is 68.3 Å². The van der Waals surface area contributed by atoms with Crippen LogP contribution in [-0.4, -0.2) is 23.2 Å². The minimum Gasteiger partial charge on any atom is -0.497 e. The van der Waals surface area contributed by atoms with E-state index in [9.17, 15) is 0 Å².